The molecule has 2 aromatic heterocycles. The Kier molecular flexibility index (Phi) is 9.80. The van der Waals surface area contributed by atoms with Crippen LogP contribution in [0, 0.1) is 6.92 Å². The number of carbonyl (C=O) groups excluding carboxylic acids is 2. The van der Waals surface area contributed by atoms with Crippen molar-refractivity contribution >= 4 is 29.4 Å². The zero-order chi connectivity index (χ0) is 26.1. The number of hydrogen-bond donors (Lipinski definition) is 5. The number of nitrogens with two attached hydrogens (primary N) is 1. The molecule has 192 valence electrons. The lowest BCUT2D eigenvalue weighted by Crippen LogP contribution is -2.31. The lowest BCUT2D eigenvalue weighted by molar-refractivity contribution is -0.142. The molecule has 2 atom stereocenters. The second kappa shape index (κ2) is 13.0. The molecule has 3 aromatic rings. The summed E-state index contributed by atoms with van der Waals surface area (Å²) in [6, 6.07) is 8.08. The molecule has 0 aliphatic rings. The number of carbonyl (C=O) groups is 2. The number of rotatable bonds is 12. The van der Waals surface area contributed by atoms with Crippen molar-refractivity contribution in [2.45, 2.75) is 38.8 Å². The lowest BCUT2D eigenvalue weighted by Gasteiger charge is -2.17. The van der Waals surface area contributed by atoms with Gasteiger partial charge in [-0.05, 0) is 42.7 Å². The monoisotopic (exact) mass is 514 g/mol. The van der Waals surface area contributed by atoms with Gasteiger partial charge in [-0.3, -0.25) is 9.59 Å². The highest BCUT2D eigenvalue weighted by molar-refractivity contribution is 6.30. The Morgan fingerprint density at radius 3 is 2.81 bits per heavy atom. The average molecular weight is 515 g/mol. The molecule has 36 heavy (non-hydrogen) atoms. The summed E-state index contributed by atoms with van der Waals surface area (Å²) in [7, 11) is 0. The third-order valence-electron chi connectivity index (χ3n) is 5.63. The van der Waals surface area contributed by atoms with Crippen molar-refractivity contribution in [3.63, 3.8) is 0 Å². The number of nitrogens with zero attached hydrogens (tertiary/aromatic N) is 2. The highest BCUT2D eigenvalue weighted by atomic mass is 35.5. The first-order chi connectivity index (χ1) is 17.3. The van der Waals surface area contributed by atoms with Crippen molar-refractivity contribution in [1.82, 2.24) is 20.3 Å². The van der Waals surface area contributed by atoms with Crippen LogP contribution in [0.4, 0.5) is 5.95 Å². The van der Waals surface area contributed by atoms with E-state index in [1.54, 1.807) is 42.7 Å². The molecule has 6 N–H and O–H groups in total. The van der Waals surface area contributed by atoms with Crippen LogP contribution in [0.3, 0.4) is 0 Å². The first kappa shape index (κ1) is 27.1. The Bertz CT molecular complexity index is 1180. The number of ether oxygens (including phenoxy) is 1. The molecule has 1 amide bonds. The van der Waals surface area contributed by atoms with Crippen molar-refractivity contribution in [3.05, 3.63) is 64.6 Å². The topological polar surface area (TPSA) is 155 Å². The van der Waals surface area contributed by atoms with Crippen molar-refractivity contribution in [1.29, 1.82) is 0 Å². The van der Waals surface area contributed by atoms with E-state index in [1.165, 1.54) is 0 Å². The molecule has 3 rings (SSSR count). The SMILES string of the molecule is CCC(CCOC(=O)CN)Nc1ncc(C)c(-c2c[nH]c(C(=O)N[C@H](CO)c3cccc(Cl)c3)c2)n1. The van der Waals surface area contributed by atoms with E-state index in [9.17, 15) is 14.7 Å². The molecule has 0 saturated carbocycles. The summed E-state index contributed by atoms with van der Waals surface area (Å²) in [4.78, 5) is 36.1. The van der Waals surface area contributed by atoms with Gasteiger partial charge in [0, 0.05) is 35.4 Å². The fraction of sp³-hybridized carbons (Fsp3) is 0.360. The second-order valence-corrected chi connectivity index (χ2v) is 8.69. The van der Waals surface area contributed by atoms with Gasteiger partial charge < -0.3 is 31.2 Å². The zero-order valence-electron chi connectivity index (χ0n) is 20.3. The summed E-state index contributed by atoms with van der Waals surface area (Å²) in [6.07, 6.45) is 4.77. The number of aryl methyl sites for hydroxylation is 1. The van der Waals surface area contributed by atoms with Crippen LogP contribution in [0.15, 0.2) is 42.7 Å². The minimum atomic E-state index is -0.602. The van der Waals surface area contributed by atoms with Crippen LogP contribution in [0.2, 0.25) is 5.02 Å². The summed E-state index contributed by atoms with van der Waals surface area (Å²) >= 11 is 6.04. The number of H-pyrrole nitrogens is 1. The molecule has 0 radical (unpaired) electrons. The fourth-order valence-electron chi connectivity index (χ4n) is 3.59. The number of aliphatic hydroxyl groups is 1. The normalized spacial score (nSPS) is 12.6. The first-order valence-corrected chi connectivity index (χ1v) is 12.0. The molecule has 0 saturated heterocycles. The largest absolute Gasteiger partial charge is 0.465 e. The Balaban J connectivity index is 1.70. The average Bonchev–Trinajstić information content (AvgIpc) is 3.37. The van der Waals surface area contributed by atoms with E-state index in [-0.39, 0.29) is 31.7 Å². The van der Waals surface area contributed by atoms with E-state index in [4.69, 9.17) is 22.1 Å². The molecule has 0 fully saturated rings. The van der Waals surface area contributed by atoms with Crippen LogP contribution in [0.25, 0.3) is 11.3 Å². The van der Waals surface area contributed by atoms with E-state index in [1.807, 2.05) is 13.8 Å². The maximum Gasteiger partial charge on any atom is 0.319 e. The van der Waals surface area contributed by atoms with Gasteiger partial charge in [-0.2, -0.15) is 0 Å². The number of benzene rings is 1. The van der Waals surface area contributed by atoms with Crippen LogP contribution in [0.1, 0.15) is 47.4 Å². The van der Waals surface area contributed by atoms with Crippen LogP contribution < -0.4 is 16.4 Å². The number of nitrogens with one attached hydrogen (secondary N) is 3. The van der Waals surface area contributed by atoms with Crippen molar-refractivity contribution in [2.24, 2.45) is 5.73 Å². The van der Waals surface area contributed by atoms with Gasteiger partial charge in [0.25, 0.3) is 5.91 Å². The number of anilines is 1. The third kappa shape index (κ3) is 7.27. The molecular weight excluding hydrogens is 484 g/mol. The van der Waals surface area contributed by atoms with Crippen LogP contribution in [-0.2, 0) is 9.53 Å². The maximum atomic E-state index is 12.8. The van der Waals surface area contributed by atoms with E-state index in [0.29, 0.717) is 34.3 Å². The molecule has 1 unspecified atom stereocenters. The Hall–Kier alpha value is -3.47. The minimum absolute atomic E-state index is 0.000555. The molecule has 2 heterocycles. The molecular formula is C25H31ClN6O4. The quantitative estimate of drug-likeness (QED) is 0.231. The van der Waals surface area contributed by atoms with Crippen LogP contribution in [0.5, 0.6) is 0 Å². The van der Waals surface area contributed by atoms with Gasteiger partial charge in [-0.15, -0.1) is 0 Å². The number of aromatic nitrogens is 3. The third-order valence-corrected chi connectivity index (χ3v) is 5.87. The van der Waals surface area contributed by atoms with E-state index >= 15 is 0 Å². The molecule has 11 heteroatoms. The Morgan fingerprint density at radius 2 is 2.11 bits per heavy atom. The number of aliphatic hydroxyl groups excluding tert-OH is 1. The molecule has 10 nitrogen and oxygen atoms in total. The smallest absolute Gasteiger partial charge is 0.319 e. The van der Waals surface area contributed by atoms with Crippen LogP contribution in [-0.4, -0.2) is 57.7 Å². The van der Waals surface area contributed by atoms with Crippen molar-refractivity contribution < 1.29 is 19.4 Å². The standard InChI is InChI=1S/C25H31ClN6O4/c1-3-19(7-8-36-22(34)11-27)30-25-29-12-15(2)23(32-25)17-10-20(28-13-17)24(35)31-21(14-33)16-5-4-6-18(26)9-16/h4-6,9-10,12-13,19,21,28,33H,3,7-8,11,14,27H2,1-2H3,(H,31,35)(H,29,30,32)/t19?,21-/m1/s1. The first-order valence-electron chi connectivity index (χ1n) is 11.7. The number of halogens is 1. The maximum absolute atomic E-state index is 12.8. The molecule has 0 aliphatic carbocycles. The number of amides is 1. The summed E-state index contributed by atoms with van der Waals surface area (Å²) in [5.74, 6) is -0.381. The number of hydrogen-bond acceptors (Lipinski definition) is 8. The highest BCUT2D eigenvalue weighted by Gasteiger charge is 2.18. The van der Waals surface area contributed by atoms with Gasteiger partial charge in [0.2, 0.25) is 5.95 Å². The lowest BCUT2D eigenvalue weighted by atomic mass is 10.1. The predicted molar refractivity (Wildman–Crippen MR) is 138 cm³/mol. The van der Waals surface area contributed by atoms with Gasteiger partial charge in [0.15, 0.2) is 0 Å². The van der Waals surface area contributed by atoms with Gasteiger partial charge in [0.05, 0.1) is 31.5 Å². The van der Waals surface area contributed by atoms with Gasteiger partial charge >= 0.3 is 5.97 Å². The summed E-state index contributed by atoms with van der Waals surface area (Å²) in [5, 5.41) is 16.4. The second-order valence-electron chi connectivity index (χ2n) is 8.25. The predicted octanol–water partition coefficient (Wildman–Crippen LogP) is 2.98. The molecule has 0 spiro atoms. The van der Waals surface area contributed by atoms with E-state index < -0.39 is 12.0 Å². The van der Waals surface area contributed by atoms with Crippen molar-refractivity contribution in [3.8, 4) is 11.3 Å². The van der Waals surface area contributed by atoms with Gasteiger partial charge in [-0.1, -0.05) is 30.7 Å². The fourth-order valence-corrected chi connectivity index (χ4v) is 3.79. The van der Waals surface area contributed by atoms with Crippen LogP contribution >= 0.6 is 11.6 Å². The molecule has 0 bridgehead atoms. The summed E-state index contributed by atoms with van der Waals surface area (Å²) in [6.45, 7) is 3.73. The zero-order valence-corrected chi connectivity index (χ0v) is 21.0. The highest BCUT2D eigenvalue weighted by Crippen LogP contribution is 2.24. The number of esters is 1. The Morgan fingerprint density at radius 1 is 1.31 bits per heavy atom. The summed E-state index contributed by atoms with van der Waals surface area (Å²) in [5.41, 5.74) is 8.51. The molecule has 1 aromatic carbocycles. The van der Waals surface area contributed by atoms with E-state index in [0.717, 1.165) is 17.5 Å². The molecule has 0 aliphatic heterocycles. The van der Waals surface area contributed by atoms with Crippen molar-refractivity contribution in [2.75, 3.05) is 25.1 Å². The minimum Gasteiger partial charge on any atom is -0.465 e. The van der Waals surface area contributed by atoms with Gasteiger partial charge in [-0.25, -0.2) is 9.97 Å². The summed E-state index contributed by atoms with van der Waals surface area (Å²) < 4.78 is 5.06. The van der Waals surface area contributed by atoms with Gasteiger partial charge in [0.1, 0.15) is 5.69 Å². The van der Waals surface area contributed by atoms with E-state index in [2.05, 4.69) is 25.6 Å². The Labute approximate surface area is 214 Å². The number of aromatic amines is 1.